The van der Waals surface area contributed by atoms with E-state index in [4.69, 9.17) is 9.16 Å². The molecule has 0 aromatic heterocycles. The van der Waals surface area contributed by atoms with Crippen LogP contribution in [0.25, 0.3) is 0 Å². The number of rotatable bonds is 10. The Morgan fingerprint density at radius 1 is 0.885 bits per heavy atom. The second-order valence-electron chi connectivity index (χ2n) is 7.31. The SMILES string of the molecule is CCCC(OC(=O)/C=C\C(=O)OC)C(=O)O[Si](C(C)C)(C(C)C)C(C)C. The van der Waals surface area contributed by atoms with Crippen molar-refractivity contribution in [3.8, 4) is 0 Å². The predicted molar refractivity (Wildman–Crippen MR) is 103 cm³/mol. The van der Waals surface area contributed by atoms with Crippen molar-refractivity contribution in [2.24, 2.45) is 0 Å². The Morgan fingerprint density at radius 3 is 1.73 bits per heavy atom. The molecule has 0 bridgehead atoms. The molecule has 0 aliphatic carbocycles. The van der Waals surface area contributed by atoms with E-state index in [2.05, 4.69) is 46.3 Å². The van der Waals surface area contributed by atoms with E-state index in [-0.39, 0.29) is 16.6 Å². The van der Waals surface area contributed by atoms with Crippen LogP contribution in [-0.4, -0.2) is 39.4 Å². The van der Waals surface area contributed by atoms with Gasteiger partial charge in [0.25, 0.3) is 8.32 Å². The van der Waals surface area contributed by atoms with Gasteiger partial charge in [-0.15, -0.1) is 0 Å². The molecule has 6 nitrogen and oxygen atoms in total. The molecule has 0 aliphatic heterocycles. The molecule has 0 rings (SSSR count). The Kier molecular flexibility index (Phi) is 10.5. The highest BCUT2D eigenvalue weighted by molar-refractivity contribution is 6.79. The van der Waals surface area contributed by atoms with Gasteiger partial charge in [0.1, 0.15) is 0 Å². The zero-order chi connectivity index (χ0) is 20.5. The number of carbonyl (C=O) groups is 3. The predicted octanol–water partition coefficient (Wildman–Crippen LogP) is 4.15. The fraction of sp³-hybridized carbons (Fsp3) is 0.737. The van der Waals surface area contributed by atoms with Crippen LogP contribution in [0.4, 0.5) is 0 Å². The van der Waals surface area contributed by atoms with Crippen LogP contribution in [0.5, 0.6) is 0 Å². The maximum atomic E-state index is 12.8. The maximum Gasteiger partial charge on any atom is 0.334 e. The van der Waals surface area contributed by atoms with Crippen molar-refractivity contribution in [1.82, 2.24) is 0 Å². The van der Waals surface area contributed by atoms with Crippen molar-refractivity contribution < 1.29 is 28.3 Å². The summed E-state index contributed by atoms with van der Waals surface area (Å²) in [4.78, 5) is 35.8. The lowest BCUT2D eigenvalue weighted by molar-refractivity contribution is -0.160. The third-order valence-corrected chi connectivity index (χ3v) is 10.6. The van der Waals surface area contributed by atoms with Crippen molar-refractivity contribution in [2.45, 2.75) is 84.0 Å². The lowest BCUT2D eigenvalue weighted by Gasteiger charge is -2.41. The summed E-state index contributed by atoms with van der Waals surface area (Å²) in [5.41, 5.74) is 0.718. The zero-order valence-corrected chi connectivity index (χ0v) is 18.3. The van der Waals surface area contributed by atoms with Crippen molar-refractivity contribution >= 4 is 26.2 Å². The molecular weight excluding hydrogens is 352 g/mol. The topological polar surface area (TPSA) is 78.9 Å². The molecule has 1 unspecified atom stereocenters. The second kappa shape index (κ2) is 11.2. The van der Waals surface area contributed by atoms with Gasteiger partial charge in [-0.05, 0) is 23.0 Å². The molecule has 0 N–H and O–H groups in total. The Balaban J connectivity index is 5.36. The second-order valence-corrected chi connectivity index (χ2v) is 12.7. The quantitative estimate of drug-likeness (QED) is 0.319. The summed E-state index contributed by atoms with van der Waals surface area (Å²) in [6.45, 7) is 14.4. The van der Waals surface area contributed by atoms with Gasteiger partial charge >= 0.3 is 17.9 Å². The molecule has 7 heteroatoms. The first-order chi connectivity index (χ1) is 12.0. The van der Waals surface area contributed by atoms with Gasteiger partial charge in [0, 0.05) is 12.2 Å². The zero-order valence-electron chi connectivity index (χ0n) is 17.3. The van der Waals surface area contributed by atoms with E-state index in [1.54, 1.807) is 0 Å². The van der Waals surface area contributed by atoms with Gasteiger partial charge in [-0.1, -0.05) is 54.9 Å². The van der Waals surface area contributed by atoms with Crippen molar-refractivity contribution in [3.05, 3.63) is 12.2 Å². The Morgan fingerprint density at radius 2 is 1.35 bits per heavy atom. The number of hydrogen-bond acceptors (Lipinski definition) is 6. The van der Waals surface area contributed by atoms with Crippen molar-refractivity contribution in [1.29, 1.82) is 0 Å². The molecule has 0 aromatic carbocycles. The highest BCUT2D eigenvalue weighted by atomic mass is 28.4. The van der Waals surface area contributed by atoms with Gasteiger partial charge in [0.05, 0.1) is 7.11 Å². The van der Waals surface area contributed by atoms with Gasteiger partial charge in [-0.25, -0.2) is 14.4 Å². The number of carbonyl (C=O) groups excluding carboxylic acids is 3. The van der Waals surface area contributed by atoms with Gasteiger partial charge in [0.15, 0.2) is 6.10 Å². The fourth-order valence-electron chi connectivity index (χ4n) is 3.46. The van der Waals surface area contributed by atoms with E-state index in [9.17, 15) is 14.4 Å². The van der Waals surface area contributed by atoms with E-state index >= 15 is 0 Å². The number of methoxy groups -OCH3 is 1. The van der Waals surface area contributed by atoms with Crippen LogP contribution < -0.4 is 0 Å². The highest BCUT2D eigenvalue weighted by Gasteiger charge is 2.49. The average molecular weight is 387 g/mol. The van der Waals surface area contributed by atoms with Crippen LogP contribution in [0.3, 0.4) is 0 Å². The first-order valence-corrected chi connectivity index (χ1v) is 11.4. The summed E-state index contributed by atoms with van der Waals surface area (Å²) >= 11 is 0. The monoisotopic (exact) mass is 386 g/mol. The van der Waals surface area contributed by atoms with Gasteiger partial charge in [-0.2, -0.15) is 0 Å². The van der Waals surface area contributed by atoms with Gasteiger partial charge in [-0.3, -0.25) is 0 Å². The standard InChI is InChI=1S/C19H34O6Si/c1-9-10-16(24-18(21)12-11-17(20)23-8)19(22)25-26(13(2)3,14(4)5)15(6)7/h11-16H,9-10H2,1-8H3/b12-11-. The molecule has 0 spiro atoms. The maximum absolute atomic E-state index is 12.8. The fourth-order valence-corrected chi connectivity index (χ4v) is 8.65. The van der Waals surface area contributed by atoms with Crippen LogP contribution in [0.15, 0.2) is 12.2 Å². The molecule has 0 saturated heterocycles. The molecule has 0 aliphatic rings. The first-order valence-electron chi connectivity index (χ1n) is 9.22. The highest BCUT2D eigenvalue weighted by Crippen LogP contribution is 2.42. The summed E-state index contributed by atoms with van der Waals surface area (Å²) in [7, 11) is -1.20. The normalized spacial score (nSPS) is 13.3. The summed E-state index contributed by atoms with van der Waals surface area (Å²) in [5, 5.41) is 0. The van der Waals surface area contributed by atoms with E-state index in [1.165, 1.54) is 7.11 Å². The number of esters is 2. The van der Waals surface area contributed by atoms with E-state index in [0.717, 1.165) is 12.2 Å². The molecule has 0 radical (unpaired) electrons. The molecule has 0 fully saturated rings. The average Bonchev–Trinajstić information content (AvgIpc) is 2.55. The Hall–Kier alpha value is -1.63. The summed E-state index contributed by atoms with van der Waals surface area (Å²) in [6.07, 6.45) is 1.98. The van der Waals surface area contributed by atoms with Crippen molar-refractivity contribution in [2.75, 3.05) is 7.11 Å². The van der Waals surface area contributed by atoms with E-state index in [0.29, 0.717) is 12.8 Å². The van der Waals surface area contributed by atoms with Crippen LogP contribution in [0, 0.1) is 0 Å². The Bertz CT molecular complexity index is 488. The molecule has 0 saturated carbocycles. The molecule has 150 valence electrons. The molecule has 0 aromatic rings. The van der Waals surface area contributed by atoms with Crippen LogP contribution in [-0.2, 0) is 28.3 Å². The minimum absolute atomic E-state index is 0.239. The summed E-state index contributed by atoms with van der Waals surface area (Å²) in [5.74, 6) is -1.92. The molecule has 1 atom stereocenters. The molecule has 0 amide bonds. The van der Waals surface area contributed by atoms with Gasteiger partial charge in [0.2, 0.25) is 0 Å². The molecule has 0 heterocycles. The number of ether oxygens (including phenoxy) is 2. The van der Waals surface area contributed by atoms with Crippen LogP contribution in [0.2, 0.25) is 16.6 Å². The first kappa shape index (κ1) is 24.4. The Labute approximate surface area is 158 Å². The van der Waals surface area contributed by atoms with E-state index < -0.39 is 32.3 Å². The third kappa shape index (κ3) is 6.59. The minimum atomic E-state index is -2.41. The third-order valence-electron chi connectivity index (χ3n) is 4.61. The van der Waals surface area contributed by atoms with Crippen molar-refractivity contribution in [3.63, 3.8) is 0 Å². The van der Waals surface area contributed by atoms with Crippen LogP contribution >= 0.6 is 0 Å². The van der Waals surface area contributed by atoms with Crippen LogP contribution in [0.1, 0.15) is 61.3 Å². The molecular formula is C19H34O6Si. The smallest absolute Gasteiger partial charge is 0.334 e. The van der Waals surface area contributed by atoms with E-state index in [1.807, 2.05) is 6.92 Å². The van der Waals surface area contributed by atoms with Gasteiger partial charge < -0.3 is 13.9 Å². The summed E-state index contributed by atoms with van der Waals surface area (Å²) in [6, 6.07) is 0. The number of hydrogen-bond donors (Lipinski definition) is 0. The lowest BCUT2D eigenvalue weighted by atomic mass is 10.2. The minimum Gasteiger partial charge on any atom is -0.516 e. The lowest BCUT2D eigenvalue weighted by Crippen LogP contribution is -2.51. The largest absolute Gasteiger partial charge is 0.516 e. The molecule has 26 heavy (non-hydrogen) atoms. The summed E-state index contributed by atoms with van der Waals surface area (Å²) < 4.78 is 15.8.